The van der Waals surface area contributed by atoms with Gasteiger partial charge in [-0.25, -0.2) is 0 Å². The summed E-state index contributed by atoms with van der Waals surface area (Å²) >= 11 is 0. The van der Waals surface area contributed by atoms with E-state index in [4.69, 9.17) is 4.74 Å². The molecule has 1 aliphatic rings. The van der Waals surface area contributed by atoms with Crippen molar-refractivity contribution in [2.24, 2.45) is 0 Å². The van der Waals surface area contributed by atoms with Gasteiger partial charge in [0.2, 0.25) is 11.8 Å². The van der Waals surface area contributed by atoms with E-state index >= 15 is 0 Å². The maximum Gasteiger partial charge on any atom is 0.326 e. The summed E-state index contributed by atoms with van der Waals surface area (Å²) in [7, 11) is 0. The van der Waals surface area contributed by atoms with E-state index in [1.807, 2.05) is 42.5 Å². The number of amides is 3. The zero-order chi connectivity index (χ0) is 19.9. The molecule has 1 heterocycles. The van der Waals surface area contributed by atoms with Gasteiger partial charge >= 0.3 is 5.97 Å². The summed E-state index contributed by atoms with van der Waals surface area (Å²) in [5.41, 5.74) is 2.68. The number of imide groups is 1. The molecule has 3 amide bonds. The highest BCUT2D eigenvalue weighted by Crippen LogP contribution is 2.19. The first-order valence-corrected chi connectivity index (χ1v) is 8.93. The minimum atomic E-state index is -0.795. The maximum atomic E-state index is 12.2. The van der Waals surface area contributed by atoms with E-state index in [0.717, 1.165) is 16.0 Å². The van der Waals surface area contributed by atoms with E-state index in [-0.39, 0.29) is 12.8 Å². The first-order chi connectivity index (χ1) is 13.5. The molecule has 1 fully saturated rings. The Morgan fingerprint density at radius 3 is 2.29 bits per heavy atom. The SMILES string of the molecule is O=C(COC(=O)CN1C(=O)CCC1=O)Nc1ccccc1Cc1ccccc1. The largest absolute Gasteiger partial charge is 0.454 e. The van der Waals surface area contributed by atoms with Gasteiger partial charge in [0.25, 0.3) is 5.91 Å². The number of para-hydroxylation sites is 1. The minimum Gasteiger partial charge on any atom is -0.454 e. The molecule has 3 rings (SSSR count). The Bertz CT molecular complexity index is 879. The van der Waals surface area contributed by atoms with Crippen LogP contribution in [0.15, 0.2) is 54.6 Å². The van der Waals surface area contributed by atoms with Gasteiger partial charge in [-0.1, -0.05) is 48.5 Å². The molecule has 0 atom stereocenters. The summed E-state index contributed by atoms with van der Waals surface area (Å²) in [6, 6.07) is 17.2. The molecule has 1 saturated heterocycles. The summed E-state index contributed by atoms with van der Waals surface area (Å²) in [5.74, 6) is -2.09. The van der Waals surface area contributed by atoms with Crippen molar-refractivity contribution in [2.45, 2.75) is 19.3 Å². The first kappa shape index (κ1) is 19.3. The van der Waals surface area contributed by atoms with Crippen LogP contribution < -0.4 is 5.32 Å². The number of rotatable bonds is 7. The smallest absolute Gasteiger partial charge is 0.326 e. The van der Waals surface area contributed by atoms with Crippen LogP contribution >= 0.6 is 0 Å². The molecule has 7 nitrogen and oxygen atoms in total. The summed E-state index contributed by atoms with van der Waals surface area (Å²) in [4.78, 5) is 47.8. The third-order valence-corrected chi connectivity index (χ3v) is 4.34. The van der Waals surface area contributed by atoms with Crippen LogP contribution in [0.5, 0.6) is 0 Å². The highest BCUT2D eigenvalue weighted by molar-refractivity contribution is 6.04. The van der Waals surface area contributed by atoms with Gasteiger partial charge in [-0.15, -0.1) is 0 Å². The topological polar surface area (TPSA) is 92.8 Å². The number of nitrogens with zero attached hydrogens (tertiary/aromatic N) is 1. The van der Waals surface area contributed by atoms with Crippen molar-refractivity contribution in [3.05, 3.63) is 65.7 Å². The van der Waals surface area contributed by atoms with E-state index in [0.29, 0.717) is 12.1 Å². The van der Waals surface area contributed by atoms with Crippen molar-refractivity contribution >= 4 is 29.4 Å². The average Bonchev–Trinajstić information content (AvgIpc) is 3.01. The van der Waals surface area contributed by atoms with Crippen LogP contribution in [0.25, 0.3) is 0 Å². The highest BCUT2D eigenvalue weighted by Gasteiger charge is 2.31. The lowest BCUT2D eigenvalue weighted by molar-refractivity contribution is -0.153. The van der Waals surface area contributed by atoms with Gasteiger partial charge in [0.15, 0.2) is 6.61 Å². The Morgan fingerprint density at radius 1 is 0.929 bits per heavy atom. The molecule has 0 saturated carbocycles. The number of carbonyl (C=O) groups is 4. The lowest BCUT2D eigenvalue weighted by atomic mass is 10.0. The zero-order valence-electron chi connectivity index (χ0n) is 15.2. The lowest BCUT2D eigenvalue weighted by Gasteiger charge is -2.14. The summed E-state index contributed by atoms with van der Waals surface area (Å²) in [6.07, 6.45) is 0.853. The fourth-order valence-electron chi connectivity index (χ4n) is 2.92. The van der Waals surface area contributed by atoms with Gasteiger partial charge in [-0.05, 0) is 23.6 Å². The van der Waals surface area contributed by atoms with Gasteiger partial charge in [-0.3, -0.25) is 24.1 Å². The highest BCUT2D eigenvalue weighted by atomic mass is 16.5. The fourth-order valence-corrected chi connectivity index (χ4v) is 2.92. The summed E-state index contributed by atoms with van der Waals surface area (Å²) in [6.45, 7) is -0.954. The van der Waals surface area contributed by atoms with E-state index in [1.165, 1.54) is 0 Å². The van der Waals surface area contributed by atoms with Crippen LogP contribution in [0.4, 0.5) is 5.69 Å². The number of nitrogens with one attached hydrogen (secondary N) is 1. The quantitative estimate of drug-likeness (QED) is 0.585. The molecular formula is C21H20N2O5. The normalized spacial score (nSPS) is 13.5. The number of ether oxygens (including phenoxy) is 1. The number of hydrogen-bond donors (Lipinski definition) is 1. The fraction of sp³-hybridized carbons (Fsp3) is 0.238. The molecule has 2 aromatic carbocycles. The number of hydrogen-bond acceptors (Lipinski definition) is 5. The number of esters is 1. The molecule has 1 N–H and O–H groups in total. The van der Waals surface area contributed by atoms with Crippen molar-refractivity contribution in [1.82, 2.24) is 4.90 Å². The Kier molecular flexibility index (Phi) is 6.16. The van der Waals surface area contributed by atoms with Gasteiger partial charge in [0.05, 0.1) is 0 Å². The average molecular weight is 380 g/mol. The van der Waals surface area contributed by atoms with Gasteiger partial charge in [0, 0.05) is 18.5 Å². The van der Waals surface area contributed by atoms with Crippen LogP contribution in [0.3, 0.4) is 0 Å². The Balaban J connectivity index is 1.53. The van der Waals surface area contributed by atoms with Crippen LogP contribution in [0.1, 0.15) is 24.0 Å². The summed E-state index contributed by atoms with van der Waals surface area (Å²) in [5, 5.41) is 2.73. The van der Waals surface area contributed by atoms with Crippen LogP contribution in [0.2, 0.25) is 0 Å². The first-order valence-electron chi connectivity index (χ1n) is 8.93. The monoisotopic (exact) mass is 380 g/mol. The molecular weight excluding hydrogens is 360 g/mol. The predicted molar refractivity (Wildman–Crippen MR) is 101 cm³/mol. The van der Waals surface area contributed by atoms with Crippen molar-refractivity contribution in [3.8, 4) is 0 Å². The Morgan fingerprint density at radius 2 is 1.57 bits per heavy atom. The van der Waals surface area contributed by atoms with Crippen molar-refractivity contribution in [2.75, 3.05) is 18.5 Å². The lowest BCUT2D eigenvalue weighted by Crippen LogP contribution is -2.36. The molecule has 1 aliphatic heterocycles. The van der Waals surface area contributed by atoms with Gasteiger partial charge in [-0.2, -0.15) is 0 Å². The second-order valence-corrected chi connectivity index (χ2v) is 6.40. The molecule has 2 aromatic rings. The molecule has 0 bridgehead atoms. The van der Waals surface area contributed by atoms with Crippen molar-refractivity contribution in [1.29, 1.82) is 0 Å². The minimum absolute atomic E-state index is 0.102. The van der Waals surface area contributed by atoms with E-state index < -0.39 is 36.8 Å². The van der Waals surface area contributed by atoms with Gasteiger partial charge in [0.1, 0.15) is 6.54 Å². The maximum absolute atomic E-state index is 12.2. The third kappa shape index (κ3) is 5.03. The van der Waals surface area contributed by atoms with Crippen LogP contribution in [0, 0.1) is 0 Å². The van der Waals surface area contributed by atoms with E-state index in [9.17, 15) is 19.2 Å². The molecule has 28 heavy (non-hydrogen) atoms. The second-order valence-electron chi connectivity index (χ2n) is 6.40. The number of likely N-dealkylation sites (tertiary alicyclic amines) is 1. The Labute approximate surface area is 162 Å². The van der Waals surface area contributed by atoms with E-state index in [1.54, 1.807) is 12.1 Å². The standard InChI is InChI=1S/C21H20N2O5/c24-18(14-28-21(27)13-23-19(25)10-11-20(23)26)22-17-9-5-4-8-16(17)12-15-6-2-1-3-7-15/h1-9H,10-14H2,(H,22,24). The zero-order valence-corrected chi connectivity index (χ0v) is 15.2. The van der Waals surface area contributed by atoms with Crippen molar-refractivity contribution in [3.63, 3.8) is 0 Å². The second kappa shape index (κ2) is 8.94. The predicted octanol–water partition coefficient (Wildman–Crippen LogP) is 1.91. The molecule has 0 aliphatic carbocycles. The summed E-state index contributed by atoms with van der Waals surface area (Å²) < 4.78 is 4.90. The molecule has 0 aromatic heterocycles. The molecule has 7 heteroatoms. The number of benzene rings is 2. The van der Waals surface area contributed by atoms with Gasteiger partial charge < -0.3 is 10.1 Å². The Hall–Kier alpha value is -3.48. The molecule has 0 radical (unpaired) electrons. The molecule has 0 spiro atoms. The molecule has 144 valence electrons. The van der Waals surface area contributed by atoms with Crippen molar-refractivity contribution < 1.29 is 23.9 Å². The molecule has 0 unspecified atom stereocenters. The number of carbonyl (C=O) groups excluding carboxylic acids is 4. The van der Waals surface area contributed by atoms with Crippen LogP contribution in [-0.4, -0.2) is 41.7 Å². The number of anilines is 1. The van der Waals surface area contributed by atoms with E-state index in [2.05, 4.69) is 5.32 Å². The third-order valence-electron chi connectivity index (χ3n) is 4.34. The van der Waals surface area contributed by atoms with Crippen LogP contribution in [-0.2, 0) is 30.3 Å².